The molecule has 0 unspecified atom stereocenters. The number of nitro groups is 1. The smallest absolute Gasteiger partial charge is 0.293 e. The third-order valence-electron chi connectivity index (χ3n) is 5.71. The van der Waals surface area contributed by atoms with E-state index in [9.17, 15) is 14.9 Å². The first kappa shape index (κ1) is 23.0. The normalized spacial score (nSPS) is 12.9. The van der Waals surface area contributed by atoms with E-state index in [1.54, 1.807) is 43.8 Å². The number of anilines is 1. The number of methoxy groups -OCH3 is 1. The molecule has 4 rings (SSSR count). The number of nitrogens with one attached hydrogen (secondary N) is 1. The number of nitrogens with zero attached hydrogens (tertiary/aromatic N) is 3. The minimum absolute atomic E-state index is 0.0491. The van der Waals surface area contributed by atoms with E-state index in [-0.39, 0.29) is 23.7 Å². The van der Waals surface area contributed by atoms with Gasteiger partial charge in [-0.1, -0.05) is 6.07 Å². The van der Waals surface area contributed by atoms with E-state index in [1.807, 2.05) is 23.1 Å². The van der Waals surface area contributed by atoms with Crippen LogP contribution < -0.4 is 19.7 Å². The van der Waals surface area contributed by atoms with Gasteiger partial charge in [0.2, 0.25) is 0 Å². The molecule has 0 atom stereocenters. The van der Waals surface area contributed by atoms with Crippen LogP contribution in [0.2, 0.25) is 0 Å². The number of carbonyl (C=O) groups excluding carboxylic acids is 1. The minimum atomic E-state index is -0.431. The topological polar surface area (TPSA) is 107 Å². The van der Waals surface area contributed by atoms with Gasteiger partial charge in [0.05, 0.1) is 12.0 Å². The van der Waals surface area contributed by atoms with Crippen molar-refractivity contribution in [2.75, 3.05) is 25.1 Å². The van der Waals surface area contributed by atoms with Crippen LogP contribution in [0.25, 0.3) is 0 Å². The summed E-state index contributed by atoms with van der Waals surface area (Å²) >= 11 is 0. The Hall–Kier alpha value is -4.14. The molecule has 9 heteroatoms. The van der Waals surface area contributed by atoms with E-state index in [1.165, 1.54) is 6.07 Å². The Labute approximate surface area is 197 Å². The summed E-state index contributed by atoms with van der Waals surface area (Å²) in [4.78, 5) is 29.8. The summed E-state index contributed by atoms with van der Waals surface area (Å²) in [6.07, 6.45) is 5.43. The van der Waals surface area contributed by atoms with Gasteiger partial charge in [-0.3, -0.25) is 19.9 Å². The quantitative estimate of drug-likeness (QED) is 0.377. The Bertz CT molecular complexity index is 1160. The number of nitro benzene ring substituents is 1. The molecule has 1 amide bonds. The highest BCUT2D eigenvalue weighted by molar-refractivity contribution is 5.95. The van der Waals surface area contributed by atoms with Gasteiger partial charge in [0, 0.05) is 43.7 Å². The van der Waals surface area contributed by atoms with Gasteiger partial charge in [-0.2, -0.15) is 0 Å². The van der Waals surface area contributed by atoms with Gasteiger partial charge in [0.25, 0.3) is 11.6 Å². The summed E-state index contributed by atoms with van der Waals surface area (Å²) in [6, 6.07) is 13.8. The van der Waals surface area contributed by atoms with Crippen molar-refractivity contribution in [2.45, 2.75) is 26.0 Å². The summed E-state index contributed by atoms with van der Waals surface area (Å²) in [6.45, 7) is 2.19. The number of hydrogen-bond donors (Lipinski definition) is 1. The molecule has 34 heavy (non-hydrogen) atoms. The first-order valence-electron chi connectivity index (χ1n) is 11.1. The molecule has 0 spiro atoms. The second-order valence-corrected chi connectivity index (χ2v) is 7.97. The summed E-state index contributed by atoms with van der Waals surface area (Å²) < 4.78 is 11.3. The third kappa shape index (κ3) is 5.43. The molecule has 1 aromatic heterocycles. The fourth-order valence-corrected chi connectivity index (χ4v) is 3.90. The third-order valence-corrected chi connectivity index (χ3v) is 5.71. The van der Waals surface area contributed by atoms with Gasteiger partial charge in [-0.25, -0.2) is 0 Å². The second-order valence-electron chi connectivity index (χ2n) is 7.97. The number of benzene rings is 2. The molecule has 1 aliphatic rings. The van der Waals surface area contributed by atoms with Crippen LogP contribution in [-0.4, -0.2) is 36.0 Å². The van der Waals surface area contributed by atoms with Crippen LogP contribution in [-0.2, 0) is 13.2 Å². The molecular formula is C25H26N4O5. The van der Waals surface area contributed by atoms with E-state index in [0.29, 0.717) is 23.8 Å². The molecule has 1 aliphatic heterocycles. The van der Waals surface area contributed by atoms with Gasteiger partial charge in [-0.15, -0.1) is 0 Å². The van der Waals surface area contributed by atoms with Crippen molar-refractivity contribution in [3.05, 3.63) is 87.7 Å². The van der Waals surface area contributed by atoms with E-state index < -0.39 is 4.92 Å². The summed E-state index contributed by atoms with van der Waals surface area (Å²) in [5.74, 6) is 0.752. The van der Waals surface area contributed by atoms with Crippen LogP contribution >= 0.6 is 0 Å². The standard InChI is InChI=1S/C25H26N4O5/c1-33-24-14-19(4-7-23(24)34-17-18-8-10-26-11-9-18)16-27-25(30)20-5-6-21(22(15-20)29(31)32)28-12-2-3-13-28/h4-11,14-15H,2-3,12-13,16-17H2,1H3,(H,27,30). The Kier molecular flexibility index (Phi) is 7.22. The first-order chi connectivity index (χ1) is 16.5. The van der Waals surface area contributed by atoms with Crippen molar-refractivity contribution < 1.29 is 19.2 Å². The van der Waals surface area contributed by atoms with Gasteiger partial charge in [-0.05, 0) is 60.4 Å². The van der Waals surface area contributed by atoms with E-state index in [0.717, 1.165) is 37.1 Å². The maximum absolute atomic E-state index is 12.7. The molecule has 0 saturated carbocycles. The lowest BCUT2D eigenvalue weighted by atomic mass is 10.1. The zero-order valence-corrected chi connectivity index (χ0v) is 18.9. The lowest BCUT2D eigenvalue weighted by molar-refractivity contribution is -0.384. The molecular weight excluding hydrogens is 436 g/mol. The van der Waals surface area contributed by atoms with Crippen LogP contribution in [0.1, 0.15) is 34.3 Å². The van der Waals surface area contributed by atoms with Crippen molar-refractivity contribution in [1.29, 1.82) is 0 Å². The fraction of sp³-hybridized carbons (Fsp3) is 0.280. The molecule has 1 saturated heterocycles. The van der Waals surface area contributed by atoms with E-state index in [4.69, 9.17) is 9.47 Å². The maximum Gasteiger partial charge on any atom is 0.293 e. The summed E-state index contributed by atoms with van der Waals surface area (Å²) in [5.41, 5.74) is 2.56. The van der Waals surface area contributed by atoms with Crippen molar-refractivity contribution >= 4 is 17.3 Å². The van der Waals surface area contributed by atoms with Gasteiger partial charge in [0.15, 0.2) is 11.5 Å². The van der Waals surface area contributed by atoms with Gasteiger partial charge >= 0.3 is 0 Å². The molecule has 3 aromatic rings. The average molecular weight is 463 g/mol. The first-order valence-corrected chi connectivity index (χ1v) is 11.1. The van der Waals surface area contributed by atoms with Crippen molar-refractivity contribution in [3.8, 4) is 11.5 Å². The number of hydrogen-bond acceptors (Lipinski definition) is 7. The van der Waals surface area contributed by atoms with E-state index >= 15 is 0 Å². The number of ether oxygens (including phenoxy) is 2. The zero-order valence-electron chi connectivity index (χ0n) is 18.9. The second kappa shape index (κ2) is 10.7. The molecule has 1 fully saturated rings. The van der Waals surface area contributed by atoms with Gasteiger partial charge < -0.3 is 19.7 Å². The largest absolute Gasteiger partial charge is 0.493 e. The number of amides is 1. The van der Waals surface area contributed by atoms with Crippen LogP contribution in [0.15, 0.2) is 60.9 Å². The Balaban J connectivity index is 1.41. The predicted molar refractivity (Wildman–Crippen MR) is 127 cm³/mol. The maximum atomic E-state index is 12.7. The zero-order chi connectivity index (χ0) is 23.9. The fourth-order valence-electron chi connectivity index (χ4n) is 3.90. The van der Waals surface area contributed by atoms with Crippen LogP contribution in [0.3, 0.4) is 0 Å². The number of pyridine rings is 1. The molecule has 0 radical (unpaired) electrons. The minimum Gasteiger partial charge on any atom is -0.493 e. The molecule has 9 nitrogen and oxygen atoms in total. The van der Waals surface area contributed by atoms with Crippen molar-refractivity contribution in [1.82, 2.24) is 10.3 Å². The lowest BCUT2D eigenvalue weighted by Gasteiger charge is -2.18. The highest BCUT2D eigenvalue weighted by atomic mass is 16.6. The molecule has 176 valence electrons. The van der Waals surface area contributed by atoms with Gasteiger partial charge in [0.1, 0.15) is 12.3 Å². The van der Waals surface area contributed by atoms with Crippen LogP contribution in [0.5, 0.6) is 11.5 Å². The Morgan fingerprint density at radius 2 is 1.82 bits per heavy atom. The molecule has 2 aromatic carbocycles. The molecule has 2 heterocycles. The Morgan fingerprint density at radius 1 is 1.06 bits per heavy atom. The lowest BCUT2D eigenvalue weighted by Crippen LogP contribution is -2.24. The molecule has 1 N–H and O–H groups in total. The monoisotopic (exact) mass is 462 g/mol. The summed E-state index contributed by atoms with van der Waals surface area (Å²) in [7, 11) is 1.55. The average Bonchev–Trinajstić information content (AvgIpc) is 3.41. The van der Waals surface area contributed by atoms with Crippen LogP contribution in [0.4, 0.5) is 11.4 Å². The number of aromatic nitrogens is 1. The SMILES string of the molecule is COc1cc(CNC(=O)c2ccc(N3CCCC3)c([N+](=O)[O-])c2)ccc1OCc1ccncc1. The van der Waals surface area contributed by atoms with Crippen molar-refractivity contribution in [2.24, 2.45) is 0 Å². The Morgan fingerprint density at radius 3 is 2.53 bits per heavy atom. The highest BCUT2D eigenvalue weighted by Gasteiger charge is 2.23. The molecule has 0 bridgehead atoms. The number of carbonyl (C=O) groups is 1. The van der Waals surface area contributed by atoms with Crippen molar-refractivity contribution in [3.63, 3.8) is 0 Å². The highest BCUT2D eigenvalue weighted by Crippen LogP contribution is 2.32. The predicted octanol–water partition coefficient (Wildman–Crippen LogP) is 4.11. The molecule has 0 aliphatic carbocycles. The van der Waals surface area contributed by atoms with E-state index in [2.05, 4.69) is 10.3 Å². The summed E-state index contributed by atoms with van der Waals surface area (Å²) in [5, 5.41) is 14.4. The van der Waals surface area contributed by atoms with Crippen LogP contribution in [0, 0.1) is 10.1 Å². The number of rotatable bonds is 9.